The summed E-state index contributed by atoms with van der Waals surface area (Å²) in [5.41, 5.74) is 1.18. The Balaban J connectivity index is 1.79. The van der Waals surface area contributed by atoms with Crippen molar-refractivity contribution in [1.29, 1.82) is 0 Å². The second kappa shape index (κ2) is 7.29. The highest BCUT2D eigenvalue weighted by molar-refractivity contribution is 9.10. The van der Waals surface area contributed by atoms with Crippen molar-refractivity contribution in [2.75, 3.05) is 13.1 Å². The smallest absolute Gasteiger partial charge is 0.230 e. The minimum Gasteiger partial charge on any atom is -0.492 e. The first-order valence-corrected chi connectivity index (χ1v) is 10.7. The zero-order valence-electron chi connectivity index (χ0n) is 15.0. The predicted octanol–water partition coefficient (Wildman–Crippen LogP) is 4.64. The Morgan fingerprint density at radius 1 is 1.35 bits per heavy atom. The zero-order chi connectivity index (χ0) is 18.3. The lowest BCUT2D eigenvalue weighted by atomic mass is 9.95. The Labute approximate surface area is 165 Å². The van der Waals surface area contributed by atoms with Gasteiger partial charge in [-0.2, -0.15) is 4.52 Å². The van der Waals surface area contributed by atoms with Crippen molar-refractivity contribution >= 4 is 32.2 Å². The number of hydrogen-bond acceptors (Lipinski definition) is 5. The van der Waals surface area contributed by atoms with E-state index in [1.807, 2.05) is 13.0 Å². The standard InChI is InChI=1S/C19H23BrN4OS/c1-3-15-21-19-24(22-15)18(25)17(26-19)16(13-5-4-6-14(20)11-13)23-9-7-12(2)8-10-23/h4-6,11-12,16,25H,3,7-10H2,1-2H3/t16-/m0/s1. The summed E-state index contributed by atoms with van der Waals surface area (Å²) in [6.45, 7) is 6.41. The molecule has 2 aromatic heterocycles. The van der Waals surface area contributed by atoms with Gasteiger partial charge in [0.05, 0.1) is 10.9 Å². The first kappa shape index (κ1) is 17.9. The van der Waals surface area contributed by atoms with Crippen molar-refractivity contribution in [1.82, 2.24) is 19.5 Å². The highest BCUT2D eigenvalue weighted by atomic mass is 79.9. The number of piperidine rings is 1. The number of benzene rings is 1. The molecule has 0 unspecified atom stereocenters. The molecule has 1 N–H and O–H groups in total. The molecule has 0 bridgehead atoms. The lowest BCUT2D eigenvalue weighted by Gasteiger charge is -2.36. The van der Waals surface area contributed by atoms with E-state index in [0.29, 0.717) is 0 Å². The van der Waals surface area contributed by atoms with Gasteiger partial charge in [0.2, 0.25) is 10.8 Å². The van der Waals surface area contributed by atoms with E-state index in [4.69, 9.17) is 0 Å². The Kier molecular flexibility index (Phi) is 5.03. The topological polar surface area (TPSA) is 53.7 Å². The molecule has 1 atom stereocenters. The van der Waals surface area contributed by atoms with Gasteiger partial charge in [0.25, 0.3) is 0 Å². The molecule has 3 heterocycles. The molecule has 0 spiro atoms. The summed E-state index contributed by atoms with van der Waals surface area (Å²) in [4.78, 5) is 8.72. The van der Waals surface area contributed by atoms with Crippen LogP contribution in [0, 0.1) is 5.92 Å². The molecule has 0 aliphatic carbocycles. The number of rotatable bonds is 4. The maximum atomic E-state index is 10.9. The molecular formula is C19H23BrN4OS. The molecule has 26 heavy (non-hydrogen) atoms. The van der Waals surface area contributed by atoms with Crippen LogP contribution in [0.3, 0.4) is 0 Å². The largest absolute Gasteiger partial charge is 0.492 e. The van der Waals surface area contributed by atoms with Crippen molar-refractivity contribution in [2.45, 2.75) is 39.2 Å². The van der Waals surface area contributed by atoms with E-state index < -0.39 is 0 Å². The minimum absolute atomic E-state index is 0.0265. The van der Waals surface area contributed by atoms with E-state index in [0.717, 1.165) is 45.6 Å². The molecule has 7 heteroatoms. The number of halogens is 1. The number of nitrogens with zero attached hydrogens (tertiary/aromatic N) is 4. The fourth-order valence-electron chi connectivity index (χ4n) is 3.61. The van der Waals surface area contributed by atoms with Crippen LogP contribution >= 0.6 is 27.3 Å². The van der Waals surface area contributed by atoms with Gasteiger partial charge < -0.3 is 5.11 Å². The van der Waals surface area contributed by atoms with Crippen molar-refractivity contribution in [3.8, 4) is 5.88 Å². The van der Waals surface area contributed by atoms with E-state index in [1.165, 1.54) is 18.4 Å². The van der Waals surface area contributed by atoms with Gasteiger partial charge in [0.1, 0.15) is 0 Å². The van der Waals surface area contributed by atoms with Gasteiger partial charge in [-0.05, 0) is 49.5 Å². The van der Waals surface area contributed by atoms with Gasteiger partial charge in [-0.3, -0.25) is 4.90 Å². The molecule has 1 saturated heterocycles. The van der Waals surface area contributed by atoms with Crippen LogP contribution in [0.2, 0.25) is 0 Å². The maximum Gasteiger partial charge on any atom is 0.230 e. The number of likely N-dealkylation sites (tertiary alicyclic amines) is 1. The number of fused-ring (bicyclic) bond motifs is 1. The molecule has 3 aromatic rings. The fourth-order valence-corrected chi connectivity index (χ4v) is 5.16. The molecule has 4 rings (SSSR count). The Bertz CT molecular complexity index is 914. The lowest BCUT2D eigenvalue weighted by Crippen LogP contribution is -2.36. The van der Waals surface area contributed by atoms with Gasteiger partial charge in [0, 0.05) is 10.9 Å². The zero-order valence-corrected chi connectivity index (χ0v) is 17.4. The predicted molar refractivity (Wildman–Crippen MR) is 108 cm³/mol. The molecule has 1 aliphatic heterocycles. The first-order valence-electron chi connectivity index (χ1n) is 9.13. The first-order chi connectivity index (χ1) is 12.6. The number of thiazole rings is 1. The highest BCUT2D eigenvalue weighted by Crippen LogP contribution is 2.41. The number of aromatic nitrogens is 3. The second-order valence-corrected chi connectivity index (χ2v) is 8.97. The van der Waals surface area contributed by atoms with E-state index >= 15 is 0 Å². The molecule has 1 aromatic carbocycles. The minimum atomic E-state index is 0.0265. The molecule has 5 nitrogen and oxygen atoms in total. The van der Waals surface area contributed by atoms with Crippen molar-refractivity contribution in [3.05, 3.63) is 45.0 Å². The second-order valence-electron chi connectivity index (χ2n) is 7.04. The van der Waals surface area contributed by atoms with Crippen molar-refractivity contribution < 1.29 is 5.11 Å². The summed E-state index contributed by atoms with van der Waals surface area (Å²) in [6, 6.07) is 8.41. The van der Waals surface area contributed by atoms with Gasteiger partial charge in [-0.1, -0.05) is 53.2 Å². The fraction of sp³-hybridized carbons (Fsp3) is 0.474. The molecule has 0 amide bonds. The van der Waals surface area contributed by atoms with E-state index in [1.54, 1.807) is 15.9 Å². The van der Waals surface area contributed by atoms with Gasteiger partial charge in [-0.15, -0.1) is 5.10 Å². The lowest BCUT2D eigenvalue weighted by molar-refractivity contribution is 0.157. The quantitative estimate of drug-likeness (QED) is 0.649. The SMILES string of the molecule is CCc1nc2sc([C@H](c3cccc(Br)c3)N3CCC(C)CC3)c(O)n2n1. The molecule has 138 valence electrons. The summed E-state index contributed by atoms with van der Waals surface area (Å²) in [5, 5.41) is 15.4. The van der Waals surface area contributed by atoms with E-state index in [-0.39, 0.29) is 11.9 Å². The summed E-state index contributed by atoms with van der Waals surface area (Å²) in [5.74, 6) is 1.75. The van der Waals surface area contributed by atoms with Crippen LogP contribution in [0.1, 0.15) is 49.0 Å². The van der Waals surface area contributed by atoms with Crippen LogP contribution in [0.4, 0.5) is 0 Å². The molecule has 0 saturated carbocycles. The third-order valence-corrected chi connectivity index (χ3v) is 6.72. The third-order valence-electron chi connectivity index (χ3n) is 5.16. The Hall–Kier alpha value is -1.44. The molecule has 0 radical (unpaired) electrons. The molecular weight excluding hydrogens is 412 g/mol. The normalized spacial score (nSPS) is 17.8. The number of aryl methyl sites for hydroxylation is 1. The third kappa shape index (κ3) is 3.28. The van der Waals surface area contributed by atoms with Crippen LogP contribution in [0.15, 0.2) is 28.7 Å². The highest BCUT2D eigenvalue weighted by Gasteiger charge is 2.31. The van der Waals surface area contributed by atoms with Gasteiger partial charge in [-0.25, -0.2) is 4.98 Å². The van der Waals surface area contributed by atoms with Gasteiger partial charge in [0.15, 0.2) is 5.82 Å². The monoisotopic (exact) mass is 434 g/mol. The summed E-state index contributed by atoms with van der Waals surface area (Å²) < 4.78 is 2.65. The van der Waals surface area contributed by atoms with E-state index in [2.05, 4.69) is 56.0 Å². The number of hydrogen-bond donors (Lipinski definition) is 1. The van der Waals surface area contributed by atoms with Crippen LogP contribution in [-0.2, 0) is 6.42 Å². The summed E-state index contributed by atoms with van der Waals surface area (Å²) >= 11 is 5.14. The number of aromatic hydroxyl groups is 1. The van der Waals surface area contributed by atoms with Crippen molar-refractivity contribution in [3.63, 3.8) is 0 Å². The van der Waals surface area contributed by atoms with E-state index in [9.17, 15) is 5.11 Å². The van der Waals surface area contributed by atoms with Gasteiger partial charge >= 0.3 is 0 Å². The average molecular weight is 435 g/mol. The summed E-state index contributed by atoms with van der Waals surface area (Å²) in [6.07, 6.45) is 3.14. The molecule has 1 aliphatic rings. The van der Waals surface area contributed by atoms with Crippen molar-refractivity contribution in [2.24, 2.45) is 5.92 Å². The summed E-state index contributed by atoms with van der Waals surface area (Å²) in [7, 11) is 0. The molecule has 1 fully saturated rings. The van der Waals surface area contributed by atoms with Crippen LogP contribution in [-0.4, -0.2) is 37.7 Å². The Morgan fingerprint density at radius 2 is 2.12 bits per heavy atom. The Morgan fingerprint density at radius 3 is 2.77 bits per heavy atom. The maximum absolute atomic E-state index is 10.9. The van der Waals surface area contributed by atoms with Crippen LogP contribution < -0.4 is 0 Å². The van der Waals surface area contributed by atoms with Crippen LogP contribution in [0.25, 0.3) is 4.96 Å². The van der Waals surface area contributed by atoms with Crippen LogP contribution in [0.5, 0.6) is 5.88 Å². The average Bonchev–Trinajstić information content (AvgIpc) is 3.17.